The summed E-state index contributed by atoms with van der Waals surface area (Å²) in [4.78, 5) is 23.2. The number of hydrogen-bond acceptors (Lipinski definition) is 2. The highest BCUT2D eigenvalue weighted by Crippen LogP contribution is 2.19. The Kier molecular flexibility index (Phi) is 4.51. The molecule has 0 saturated carbocycles. The molecule has 0 saturated heterocycles. The van der Waals surface area contributed by atoms with E-state index in [2.05, 4.69) is 6.92 Å². The summed E-state index contributed by atoms with van der Waals surface area (Å²) in [6.45, 7) is 4.75. The zero-order valence-corrected chi connectivity index (χ0v) is 11.9. The molecule has 0 N–H and O–H groups in total. The lowest BCUT2D eigenvalue weighted by atomic mass is 10.1. The third-order valence-electron chi connectivity index (χ3n) is 3.41. The summed E-state index contributed by atoms with van der Waals surface area (Å²) < 4.78 is 1.71. The summed E-state index contributed by atoms with van der Waals surface area (Å²) >= 11 is 0. The van der Waals surface area contributed by atoms with Crippen LogP contribution < -0.4 is 5.56 Å². The molecule has 2 rings (SSSR count). The van der Waals surface area contributed by atoms with Crippen LogP contribution in [0.4, 0.5) is 0 Å². The number of unbranched alkanes of at least 4 members (excludes halogenated alkanes) is 1. The predicted octanol–water partition coefficient (Wildman–Crippen LogP) is 3.44. The summed E-state index contributed by atoms with van der Waals surface area (Å²) in [5.74, 6) is 0. The summed E-state index contributed by atoms with van der Waals surface area (Å²) in [7, 11) is 0. The first-order valence-corrected chi connectivity index (χ1v) is 6.93. The number of aldehydes is 1. The standard InChI is InChI=1S/C17H19NO2/c1-3-4-11-18-16(10-9-15(12-19)17(18)20)14-7-5-13(2)6-8-14/h5-10,12H,3-4,11H2,1-2H3. The second-order valence-electron chi connectivity index (χ2n) is 4.97. The Hall–Kier alpha value is -2.16. The molecule has 3 heteroatoms. The van der Waals surface area contributed by atoms with E-state index in [1.807, 2.05) is 37.3 Å². The van der Waals surface area contributed by atoms with E-state index in [0.717, 1.165) is 24.1 Å². The van der Waals surface area contributed by atoms with E-state index >= 15 is 0 Å². The molecule has 0 radical (unpaired) electrons. The van der Waals surface area contributed by atoms with Crippen LogP contribution in [0.3, 0.4) is 0 Å². The maximum atomic E-state index is 12.3. The van der Waals surface area contributed by atoms with Crippen molar-refractivity contribution in [3.05, 3.63) is 57.9 Å². The number of pyridine rings is 1. The zero-order chi connectivity index (χ0) is 14.5. The molecular weight excluding hydrogens is 250 g/mol. The van der Waals surface area contributed by atoms with E-state index in [0.29, 0.717) is 12.8 Å². The van der Waals surface area contributed by atoms with Crippen molar-refractivity contribution in [3.8, 4) is 11.3 Å². The Bertz CT molecular complexity index is 654. The molecule has 3 nitrogen and oxygen atoms in total. The number of carbonyl (C=O) groups excluding carboxylic acids is 1. The Balaban J connectivity index is 2.56. The fraction of sp³-hybridized carbons (Fsp3) is 0.294. The Morgan fingerprint density at radius 2 is 1.80 bits per heavy atom. The molecule has 1 heterocycles. The highest BCUT2D eigenvalue weighted by atomic mass is 16.1. The molecule has 2 aromatic rings. The van der Waals surface area contributed by atoms with Gasteiger partial charge in [0.05, 0.1) is 11.3 Å². The topological polar surface area (TPSA) is 39.1 Å². The van der Waals surface area contributed by atoms with Crippen LogP contribution in [0.25, 0.3) is 11.3 Å². The maximum Gasteiger partial charge on any atom is 0.261 e. The lowest BCUT2D eigenvalue weighted by Crippen LogP contribution is -2.25. The third-order valence-corrected chi connectivity index (χ3v) is 3.41. The van der Waals surface area contributed by atoms with Crippen LogP contribution in [-0.4, -0.2) is 10.9 Å². The van der Waals surface area contributed by atoms with Crippen molar-refractivity contribution >= 4 is 6.29 Å². The summed E-state index contributed by atoms with van der Waals surface area (Å²) in [6.07, 6.45) is 2.55. The van der Waals surface area contributed by atoms with Gasteiger partial charge in [-0.25, -0.2) is 0 Å². The van der Waals surface area contributed by atoms with Crippen molar-refractivity contribution in [2.24, 2.45) is 0 Å². The number of carbonyl (C=O) groups is 1. The van der Waals surface area contributed by atoms with Crippen molar-refractivity contribution < 1.29 is 4.79 Å². The monoisotopic (exact) mass is 269 g/mol. The van der Waals surface area contributed by atoms with Crippen molar-refractivity contribution in [2.75, 3.05) is 0 Å². The van der Waals surface area contributed by atoms with Gasteiger partial charge in [-0.1, -0.05) is 43.2 Å². The Morgan fingerprint density at radius 1 is 1.10 bits per heavy atom. The molecule has 0 fully saturated rings. The SMILES string of the molecule is CCCCn1c(-c2ccc(C)cc2)ccc(C=O)c1=O. The van der Waals surface area contributed by atoms with Gasteiger partial charge >= 0.3 is 0 Å². The minimum Gasteiger partial charge on any atom is -0.308 e. The van der Waals surface area contributed by atoms with E-state index in [9.17, 15) is 9.59 Å². The van der Waals surface area contributed by atoms with E-state index in [4.69, 9.17) is 0 Å². The average molecular weight is 269 g/mol. The number of benzene rings is 1. The Labute approximate surface area is 118 Å². The number of aryl methyl sites for hydroxylation is 1. The maximum absolute atomic E-state index is 12.3. The van der Waals surface area contributed by atoms with E-state index in [1.54, 1.807) is 10.6 Å². The van der Waals surface area contributed by atoms with Crippen molar-refractivity contribution in [3.63, 3.8) is 0 Å². The third kappa shape index (κ3) is 2.87. The number of rotatable bonds is 5. The van der Waals surface area contributed by atoms with Crippen LogP contribution in [0.1, 0.15) is 35.7 Å². The number of nitrogens with zero attached hydrogens (tertiary/aromatic N) is 1. The van der Waals surface area contributed by atoms with Gasteiger partial charge in [0.15, 0.2) is 6.29 Å². The van der Waals surface area contributed by atoms with Crippen LogP contribution >= 0.6 is 0 Å². The Morgan fingerprint density at radius 3 is 2.40 bits per heavy atom. The fourth-order valence-corrected chi connectivity index (χ4v) is 2.20. The van der Waals surface area contributed by atoms with Gasteiger partial charge in [0.25, 0.3) is 5.56 Å². The highest BCUT2D eigenvalue weighted by Gasteiger charge is 2.09. The summed E-state index contributed by atoms with van der Waals surface area (Å²) in [5, 5.41) is 0. The second kappa shape index (κ2) is 6.33. The van der Waals surface area contributed by atoms with E-state index in [-0.39, 0.29) is 11.1 Å². The van der Waals surface area contributed by atoms with Gasteiger partial charge in [-0.3, -0.25) is 9.59 Å². The molecule has 0 unspecified atom stereocenters. The van der Waals surface area contributed by atoms with Gasteiger partial charge in [0, 0.05) is 6.54 Å². The molecule has 0 bridgehead atoms. The molecule has 0 atom stereocenters. The van der Waals surface area contributed by atoms with Gasteiger partial charge in [0.2, 0.25) is 0 Å². The van der Waals surface area contributed by atoms with E-state index < -0.39 is 0 Å². The van der Waals surface area contributed by atoms with Gasteiger partial charge in [0.1, 0.15) is 0 Å². The van der Waals surface area contributed by atoms with Crippen LogP contribution in [0, 0.1) is 6.92 Å². The molecule has 0 aliphatic heterocycles. The smallest absolute Gasteiger partial charge is 0.261 e. The van der Waals surface area contributed by atoms with Crippen molar-refractivity contribution in [1.82, 2.24) is 4.57 Å². The number of hydrogen-bond donors (Lipinski definition) is 0. The van der Waals surface area contributed by atoms with Crippen LogP contribution in [0.2, 0.25) is 0 Å². The summed E-state index contributed by atoms with van der Waals surface area (Å²) in [6, 6.07) is 11.5. The van der Waals surface area contributed by atoms with Gasteiger partial charge in [-0.2, -0.15) is 0 Å². The fourth-order valence-electron chi connectivity index (χ4n) is 2.20. The first-order chi connectivity index (χ1) is 9.67. The molecule has 0 spiro atoms. The minimum atomic E-state index is -0.202. The second-order valence-corrected chi connectivity index (χ2v) is 4.97. The molecule has 1 aromatic heterocycles. The largest absolute Gasteiger partial charge is 0.308 e. The lowest BCUT2D eigenvalue weighted by molar-refractivity contribution is 0.112. The quantitative estimate of drug-likeness (QED) is 0.780. The summed E-state index contributed by atoms with van der Waals surface area (Å²) in [5.41, 5.74) is 3.07. The normalized spacial score (nSPS) is 10.5. The van der Waals surface area contributed by atoms with Crippen LogP contribution in [0.5, 0.6) is 0 Å². The van der Waals surface area contributed by atoms with Crippen molar-refractivity contribution in [2.45, 2.75) is 33.2 Å². The van der Waals surface area contributed by atoms with Gasteiger partial charge < -0.3 is 4.57 Å². The number of aromatic nitrogens is 1. The molecular formula is C17H19NO2. The van der Waals surface area contributed by atoms with Crippen LogP contribution in [-0.2, 0) is 6.54 Å². The molecule has 0 aliphatic carbocycles. The first kappa shape index (κ1) is 14.3. The molecule has 0 amide bonds. The van der Waals surface area contributed by atoms with Gasteiger partial charge in [-0.15, -0.1) is 0 Å². The average Bonchev–Trinajstić information content (AvgIpc) is 2.47. The van der Waals surface area contributed by atoms with Gasteiger partial charge in [-0.05, 0) is 31.0 Å². The minimum absolute atomic E-state index is 0.202. The molecule has 1 aromatic carbocycles. The molecule has 0 aliphatic rings. The van der Waals surface area contributed by atoms with Crippen molar-refractivity contribution in [1.29, 1.82) is 0 Å². The lowest BCUT2D eigenvalue weighted by Gasteiger charge is -2.13. The first-order valence-electron chi connectivity index (χ1n) is 6.93. The highest BCUT2D eigenvalue weighted by molar-refractivity contribution is 5.75. The molecule has 20 heavy (non-hydrogen) atoms. The predicted molar refractivity (Wildman–Crippen MR) is 81.2 cm³/mol. The zero-order valence-electron chi connectivity index (χ0n) is 11.9. The van der Waals surface area contributed by atoms with Crippen LogP contribution in [0.15, 0.2) is 41.2 Å². The molecule has 104 valence electrons. The van der Waals surface area contributed by atoms with E-state index in [1.165, 1.54) is 5.56 Å².